The van der Waals surface area contributed by atoms with Crippen LogP contribution in [0.2, 0.25) is 5.28 Å². The molecule has 0 atom stereocenters. The highest BCUT2D eigenvalue weighted by Gasteiger charge is 2.32. The molecule has 1 saturated heterocycles. The molecule has 2 aliphatic heterocycles. The van der Waals surface area contributed by atoms with Gasteiger partial charge in [-0.25, -0.2) is 9.18 Å². The van der Waals surface area contributed by atoms with Gasteiger partial charge in [-0.1, -0.05) is 12.1 Å². The Morgan fingerprint density at radius 2 is 1.83 bits per heavy atom. The number of ether oxygens (including phenoxy) is 3. The summed E-state index contributed by atoms with van der Waals surface area (Å²) in [6.07, 6.45) is 0.907. The summed E-state index contributed by atoms with van der Waals surface area (Å²) in [6, 6.07) is 9.58. The van der Waals surface area contributed by atoms with Crippen molar-refractivity contribution in [2.45, 2.75) is 85.2 Å². The Morgan fingerprint density at radius 1 is 1.09 bits per heavy atom. The summed E-state index contributed by atoms with van der Waals surface area (Å²) in [7, 11) is 0. The molecule has 0 radical (unpaired) electrons. The van der Waals surface area contributed by atoms with Crippen molar-refractivity contribution in [1.82, 2.24) is 25.0 Å². The molecule has 11 nitrogen and oxygen atoms in total. The highest BCUT2D eigenvalue weighted by molar-refractivity contribution is 6.28. The maximum Gasteiger partial charge on any atom is 0.410 e. The van der Waals surface area contributed by atoms with E-state index in [2.05, 4.69) is 15.2 Å². The molecule has 1 aromatic heterocycles. The van der Waals surface area contributed by atoms with E-state index in [1.807, 2.05) is 64.6 Å². The Hall–Kier alpha value is -4.19. The number of rotatable bonds is 8. The number of anilines is 1. The lowest BCUT2D eigenvalue weighted by molar-refractivity contribution is 0.0240. The molecule has 2 amide bonds. The fourth-order valence-electron chi connectivity index (χ4n) is 5.64. The van der Waals surface area contributed by atoms with Crippen molar-refractivity contribution in [1.29, 1.82) is 0 Å². The van der Waals surface area contributed by atoms with Crippen molar-refractivity contribution < 1.29 is 28.2 Å². The first kappa shape index (κ1) is 33.2. The minimum atomic E-state index is -0.573. The number of hydrogen-bond acceptors (Lipinski definition) is 9. The van der Waals surface area contributed by atoms with Crippen molar-refractivity contribution in [3.63, 3.8) is 0 Å². The molecule has 13 heteroatoms. The summed E-state index contributed by atoms with van der Waals surface area (Å²) in [4.78, 5) is 35.7. The highest BCUT2D eigenvalue weighted by atomic mass is 35.5. The third kappa shape index (κ3) is 7.60. The maximum absolute atomic E-state index is 14.3. The fraction of sp³-hybridized carbons (Fsp3) is 0.485. The smallest absolute Gasteiger partial charge is 0.410 e. The summed E-state index contributed by atoms with van der Waals surface area (Å²) >= 11 is 6.16. The average Bonchev–Trinajstić information content (AvgIpc) is 3.44. The van der Waals surface area contributed by atoms with E-state index in [1.165, 1.54) is 12.1 Å². The Morgan fingerprint density at radius 3 is 2.50 bits per heavy atom. The van der Waals surface area contributed by atoms with E-state index in [0.29, 0.717) is 51.4 Å². The Balaban J connectivity index is 1.28. The SMILES string of the molecule is CCN(C(=O)c1cc(F)ccc1Oc1nnc(Cl)nc1N1CCC(Oc2cccc3c2CN(C(=O)OC(C)(C)C)C3)CC1)C(C)C. The van der Waals surface area contributed by atoms with E-state index < -0.39 is 11.4 Å². The summed E-state index contributed by atoms with van der Waals surface area (Å²) in [5, 5.41) is 7.95. The third-order valence-electron chi connectivity index (χ3n) is 7.84. The van der Waals surface area contributed by atoms with Gasteiger partial charge < -0.3 is 24.0 Å². The summed E-state index contributed by atoms with van der Waals surface area (Å²) < 4.78 is 32.4. The van der Waals surface area contributed by atoms with Gasteiger partial charge in [0.25, 0.3) is 11.8 Å². The highest BCUT2D eigenvalue weighted by Crippen LogP contribution is 2.36. The van der Waals surface area contributed by atoms with E-state index in [0.717, 1.165) is 22.9 Å². The molecule has 0 saturated carbocycles. The second-order valence-electron chi connectivity index (χ2n) is 12.7. The zero-order chi connectivity index (χ0) is 33.2. The van der Waals surface area contributed by atoms with E-state index in [9.17, 15) is 14.0 Å². The zero-order valence-electron chi connectivity index (χ0n) is 27.0. The molecule has 0 bridgehead atoms. The predicted octanol–water partition coefficient (Wildman–Crippen LogP) is 6.63. The molecule has 46 heavy (non-hydrogen) atoms. The van der Waals surface area contributed by atoms with Crippen LogP contribution in [0.3, 0.4) is 0 Å². The first-order chi connectivity index (χ1) is 21.8. The van der Waals surface area contributed by atoms with Crippen LogP contribution in [0.4, 0.5) is 15.0 Å². The molecular formula is C33H40ClFN6O5. The Labute approximate surface area is 273 Å². The van der Waals surface area contributed by atoms with Gasteiger partial charge in [-0.2, -0.15) is 4.98 Å². The van der Waals surface area contributed by atoms with E-state index >= 15 is 0 Å². The Bertz CT molecular complexity index is 1590. The van der Waals surface area contributed by atoms with Gasteiger partial charge in [0.15, 0.2) is 5.82 Å². The van der Waals surface area contributed by atoms with Crippen molar-refractivity contribution >= 4 is 29.4 Å². The molecule has 0 unspecified atom stereocenters. The number of benzene rings is 2. The van der Waals surface area contributed by atoms with Crippen molar-refractivity contribution in [2.75, 3.05) is 24.5 Å². The number of nitrogens with zero attached hydrogens (tertiary/aromatic N) is 6. The van der Waals surface area contributed by atoms with Gasteiger partial charge in [-0.15, -0.1) is 10.2 Å². The monoisotopic (exact) mass is 654 g/mol. The summed E-state index contributed by atoms with van der Waals surface area (Å²) in [5.41, 5.74) is 1.53. The lowest BCUT2D eigenvalue weighted by Crippen LogP contribution is -2.39. The Kier molecular flexibility index (Phi) is 9.85. The number of hydrogen-bond donors (Lipinski definition) is 0. The number of amides is 2. The average molecular weight is 655 g/mol. The molecule has 3 heterocycles. The van der Waals surface area contributed by atoms with Gasteiger partial charge >= 0.3 is 6.09 Å². The molecule has 3 aromatic rings. The lowest BCUT2D eigenvalue weighted by atomic mass is 10.1. The number of halogens is 2. The van der Waals surface area contributed by atoms with Gasteiger partial charge in [0.05, 0.1) is 12.1 Å². The maximum atomic E-state index is 14.3. The molecule has 0 aliphatic carbocycles. The minimum absolute atomic E-state index is 0.0533. The van der Waals surface area contributed by atoms with Crippen LogP contribution in [0.25, 0.3) is 0 Å². The van der Waals surface area contributed by atoms with E-state index in [4.69, 9.17) is 25.8 Å². The number of carbonyl (C=O) groups is 2. The largest absolute Gasteiger partial charge is 0.490 e. The lowest BCUT2D eigenvalue weighted by Gasteiger charge is -2.33. The fourth-order valence-corrected chi connectivity index (χ4v) is 5.76. The van der Waals surface area contributed by atoms with Gasteiger partial charge in [-0.05, 0) is 83.0 Å². The first-order valence-corrected chi connectivity index (χ1v) is 15.9. The molecular weight excluding hydrogens is 615 g/mol. The first-order valence-electron chi connectivity index (χ1n) is 15.5. The molecule has 5 rings (SSSR count). The minimum Gasteiger partial charge on any atom is -0.490 e. The number of piperidine rings is 1. The molecule has 0 spiro atoms. The predicted molar refractivity (Wildman–Crippen MR) is 171 cm³/mol. The van der Waals surface area contributed by atoms with Crippen LogP contribution in [0.1, 0.15) is 75.9 Å². The van der Waals surface area contributed by atoms with E-state index in [-0.39, 0.29) is 46.6 Å². The number of carbonyl (C=O) groups excluding carboxylic acids is 2. The van der Waals surface area contributed by atoms with Gasteiger partial charge in [0.1, 0.15) is 29.0 Å². The van der Waals surface area contributed by atoms with Crippen LogP contribution < -0.4 is 14.4 Å². The van der Waals surface area contributed by atoms with Crippen LogP contribution in [0, 0.1) is 5.82 Å². The van der Waals surface area contributed by atoms with Crippen LogP contribution in [0.5, 0.6) is 17.4 Å². The summed E-state index contributed by atoms with van der Waals surface area (Å²) in [5.74, 6) is 0.407. The molecule has 1 fully saturated rings. The molecule has 0 N–H and O–H groups in total. The topological polar surface area (TPSA) is 110 Å². The van der Waals surface area contributed by atoms with Crippen molar-refractivity contribution in [2.24, 2.45) is 0 Å². The van der Waals surface area contributed by atoms with Crippen LogP contribution in [-0.4, -0.2) is 74.4 Å². The zero-order valence-corrected chi connectivity index (χ0v) is 27.8. The summed E-state index contributed by atoms with van der Waals surface area (Å²) in [6.45, 7) is 13.7. The normalized spacial score (nSPS) is 15.2. The standard InChI is InChI=1S/C33H40ClFN6O5/c1-7-41(20(2)3)30(42)24-17-22(35)11-12-27(24)45-29-28(36-31(34)38-37-29)39-15-13-23(14-16-39)44-26-10-8-9-21-18-40(19-25(21)26)32(43)46-33(4,5)6/h8-12,17,20,23H,7,13-16,18-19H2,1-6H3. The van der Waals surface area contributed by atoms with Crippen molar-refractivity contribution in [3.8, 4) is 17.4 Å². The molecule has 2 aliphatic rings. The van der Waals surface area contributed by atoms with Crippen LogP contribution in [-0.2, 0) is 17.8 Å². The van der Waals surface area contributed by atoms with Gasteiger partial charge in [0, 0.05) is 50.6 Å². The van der Waals surface area contributed by atoms with Crippen LogP contribution >= 0.6 is 11.6 Å². The molecule has 2 aromatic carbocycles. The van der Waals surface area contributed by atoms with E-state index in [1.54, 1.807) is 9.80 Å². The van der Waals surface area contributed by atoms with Gasteiger partial charge in [-0.3, -0.25) is 9.69 Å². The van der Waals surface area contributed by atoms with Crippen LogP contribution in [0.15, 0.2) is 36.4 Å². The van der Waals surface area contributed by atoms with Gasteiger partial charge in [0.2, 0.25) is 5.28 Å². The molecule has 246 valence electrons. The third-order valence-corrected chi connectivity index (χ3v) is 8.00. The second kappa shape index (κ2) is 13.7. The number of fused-ring (bicyclic) bond motifs is 1. The van der Waals surface area contributed by atoms with Crippen molar-refractivity contribution in [3.05, 3.63) is 64.2 Å². The number of aromatic nitrogens is 3. The second-order valence-corrected chi connectivity index (χ2v) is 13.0. The quantitative estimate of drug-likeness (QED) is 0.264.